The Hall–Kier alpha value is -0.391. The van der Waals surface area contributed by atoms with Crippen LogP contribution in [0.3, 0.4) is 0 Å². The number of pyridine rings is 1. The van der Waals surface area contributed by atoms with E-state index in [0.717, 1.165) is 21.8 Å². The minimum Gasteiger partial charge on any atom is -1.00 e. The van der Waals surface area contributed by atoms with Crippen LogP contribution in [0.1, 0.15) is 46.9 Å². The molecule has 0 atom stereocenters. The maximum atomic E-state index is 11.9. The Morgan fingerprint density at radius 1 is 1.27 bits per heavy atom. The monoisotopic (exact) mass is 505 g/mol. The molecule has 1 N–H and O–H groups in total. The van der Waals surface area contributed by atoms with E-state index in [-0.39, 0.29) is 33.1 Å². The molecular formula is C19H21BrClNO3Se. The molecule has 6 rings (SSSR count). The second-order valence-corrected chi connectivity index (χ2v) is 10.8. The molecule has 2 aromatic rings. The van der Waals surface area contributed by atoms with Crippen molar-refractivity contribution in [3.8, 4) is 0 Å². The van der Waals surface area contributed by atoms with Crippen LogP contribution in [0, 0.1) is 23.7 Å². The molecule has 4 saturated carbocycles. The number of halogens is 2. The largest absolute Gasteiger partial charge is 1.00 e. The van der Waals surface area contributed by atoms with Crippen molar-refractivity contribution in [2.45, 2.75) is 37.7 Å². The number of carbonyl (C=O) groups excluding carboxylic acids is 1. The maximum absolute atomic E-state index is 11.9. The summed E-state index contributed by atoms with van der Waals surface area (Å²) in [7, 11) is 1.40. The van der Waals surface area contributed by atoms with Crippen molar-refractivity contribution in [1.29, 1.82) is 0 Å². The fraction of sp³-hybridized carbons (Fsp3) is 0.579. The minimum absolute atomic E-state index is 0. The first kappa shape index (κ1) is 18.9. The van der Waals surface area contributed by atoms with Crippen LogP contribution in [0.15, 0.2) is 22.8 Å². The van der Waals surface area contributed by atoms with E-state index < -0.39 is 5.60 Å². The Balaban J connectivity index is 0.00000168. The first-order chi connectivity index (χ1) is 12.0. The molecule has 0 unspecified atom stereocenters. The molecular weight excluding hydrogens is 485 g/mol. The Kier molecular flexibility index (Phi) is 4.81. The predicted molar refractivity (Wildman–Crippen MR) is 96.5 cm³/mol. The second kappa shape index (κ2) is 6.59. The van der Waals surface area contributed by atoms with Crippen LogP contribution in [-0.2, 0) is 10.3 Å². The quantitative estimate of drug-likeness (QED) is 0.450. The smallest absolute Gasteiger partial charge is 1.00 e. The van der Waals surface area contributed by atoms with Gasteiger partial charge in [0.1, 0.15) is 0 Å². The van der Waals surface area contributed by atoms with E-state index in [2.05, 4.69) is 19.3 Å². The van der Waals surface area contributed by atoms with Gasteiger partial charge >= 0.3 is 161 Å². The Morgan fingerprint density at radius 2 is 1.88 bits per heavy atom. The van der Waals surface area contributed by atoms with E-state index in [1.807, 2.05) is 12.3 Å². The molecule has 26 heavy (non-hydrogen) atoms. The van der Waals surface area contributed by atoms with Crippen LogP contribution in [0.4, 0.5) is 0 Å². The van der Waals surface area contributed by atoms with Crippen molar-refractivity contribution < 1.29 is 30.4 Å². The molecule has 0 aliphatic heterocycles. The Labute approximate surface area is 173 Å². The van der Waals surface area contributed by atoms with Crippen molar-refractivity contribution in [3.63, 3.8) is 0 Å². The number of aromatic nitrogens is 1. The molecule has 4 bridgehead atoms. The van der Waals surface area contributed by atoms with Gasteiger partial charge in [0.15, 0.2) is 0 Å². The van der Waals surface area contributed by atoms with E-state index in [1.54, 1.807) is 6.07 Å². The number of nitrogens with zero attached hydrogens (tertiary/aromatic N) is 1. The molecule has 0 spiro atoms. The molecule has 0 aromatic carbocycles. The third kappa shape index (κ3) is 2.56. The number of esters is 1. The Morgan fingerprint density at radius 3 is 2.46 bits per heavy atom. The number of methoxy groups -OCH3 is 1. The van der Waals surface area contributed by atoms with Gasteiger partial charge in [-0.3, -0.25) is 0 Å². The maximum Gasteiger partial charge on any atom is -1.00 e. The SMILES string of the molecule is COC(=O)c1cc[n+]2[se]c(C3(O)C4CC5CC(C4)CC3C5)c(Br)c2c1.[Cl-]. The van der Waals surface area contributed by atoms with Gasteiger partial charge in [0.2, 0.25) is 0 Å². The van der Waals surface area contributed by atoms with Crippen LogP contribution >= 0.6 is 15.9 Å². The van der Waals surface area contributed by atoms with Crippen LogP contribution < -0.4 is 15.8 Å². The fourth-order valence-electron chi connectivity index (χ4n) is 5.75. The van der Waals surface area contributed by atoms with Gasteiger partial charge in [-0.2, -0.15) is 0 Å². The summed E-state index contributed by atoms with van der Waals surface area (Å²) in [5.74, 6) is 2.15. The average molecular weight is 506 g/mol. The van der Waals surface area contributed by atoms with Gasteiger partial charge in [0.05, 0.1) is 0 Å². The average Bonchev–Trinajstić information content (AvgIpc) is 2.95. The summed E-state index contributed by atoms with van der Waals surface area (Å²) in [6.45, 7) is 0. The van der Waals surface area contributed by atoms with Crippen LogP contribution in [-0.4, -0.2) is 32.9 Å². The van der Waals surface area contributed by atoms with Crippen LogP contribution in [0.2, 0.25) is 0 Å². The van der Waals surface area contributed by atoms with Crippen molar-refractivity contribution in [2.24, 2.45) is 23.7 Å². The summed E-state index contributed by atoms with van der Waals surface area (Å²) in [4.78, 5) is 11.9. The van der Waals surface area contributed by atoms with Crippen LogP contribution in [0.5, 0.6) is 0 Å². The van der Waals surface area contributed by atoms with E-state index in [0.29, 0.717) is 17.4 Å². The van der Waals surface area contributed by atoms with Gasteiger partial charge in [-0.15, -0.1) is 0 Å². The van der Waals surface area contributed by atoms with Crippen LogP contribution in [0.25, 0.3) is 5.52 Å². The second-order valence-electron chi connectivity index (χ2n) is 7.98. The molecule has 2 heterocycles. The summed E-state index contributed by atoms with van der Waals surface area (Å²) in [5, 5.41) is 11.9. The third-order valence-corrected chi connectivity index (χ3v) is 10.7. The van der Waals surface area contributed by atoms with Gasteiger partial charge in [-0.25, -0.2) is 0 Å². The molecule has 4 aliphatic carbocycles. The first-order valence-electron chi connectivity index (χ1n) is 8.96. The van der Waals surface area contributed by atoms with E-state index in [1.165, 1.54) is 43.7 Å². The summed E-state index contributed by atoms with van der Waals surface area (Å²) in [6.07, 6.45) is 8.05. The number of ether oxygens (including phenoxy) is 1. The first-order valence-corrected chi connectivity index (χ1v) is 11.4. The van der Waals surface area contributed by atoms with Gasteiger partial charge < -0.3 is 12.4 Å². The number of hydrogen-bond donors (Lipinski definition) is 1. The zero-order chi connectivity index (χ0) is 17.3. The van der Waals surface area contributed by atoms with E-state index >= 15 is 0 Å². The summed E-state index contributed by atoms with van der Waals surface area (Å²) in [5.41, 5.74) is 0.879. The topological polar surface area (TPSA) is 50.6 Å². The Bertz CT molecular complexity index is 855. The minimum atomic E-state index is -0.663. The molecule has 4 fully saturated rings. The molecule has 7 heteroatoms. The number of aliphatic hydroxyl groups is 1. The molecule has 4 aliphatic rings. The molecule has 140 valence electrons. The summed E-state index contributed by atoms with van der Waals surface area (Å²) < 4.78 is 9.20. The molecule has 0 saturated heterocycles. The number of rotatable bonds is 2. The number of carbonyl (C=O) groups is 1. The van der Waals surface area contributed by atoms with Gasteiger partial charge in [-0.05, 0) is 0 Å². The normalized spacial score (nSPS) is 34.7. The van der Waals surface area contributed by atoms with Gasteiger partial charge in [0.25, 0.3) is 0 Å². The molecule has 4 nitrogen and oxygen atoms in total. The van der Waals surface area contributed by atoms with Crippen molar-refractivity contribution >= 4 is 42.1 Å². The van der Waals surface area contributed by atoms with Crippen molar-refractivity contribution in [1.82, 2.24) is 0 Å². The predicted octanol–water partition coefficient (Wildman–Crippen LogP) is -0.321. The van der Waals surface area contributed by atoms with Gasteiger partial charge in [-0.1, -0.05) is 0 Å². The van der Waals surface area contributed by atoms with Crippen molar-refractivity contribution in [3.05, 3.63) is 32.8 Å². The zero-order valence-electron chi connectivity index (χ0n) is 14.5. The molecule has 0 amide bonds. The van der Waals surface area contributed by atoms with Gasteiger partial charge in [0, 0.05) is 0 Å². The summed E-state index contributed by atoms with van der Waals surface area (Å²) in [6, 6.07) is 3.69. The molecule has 0 radical (unpaired) electrons. The standard InChI is InChI=1S/C19H21BrNO3Se.ClH/c1-24-18(22)12-2-3-21-15(9-12)16(20)17(25-21)19(23)13-5-10-4-11(7-13)8-14(19)6-10;/h2-3,9-11,13-14,23H,4-8H2,1H3;1H/q+1;/p-1. The summed E-state index contributed by atoms with van der Waals surface area (Å²) >= 11 is 3.81. The van der Waals surface area contributed by atoms with Crippen molar-refractivity contribution in [2.75, 3.05) is 7.11 Å². The number of hydrogen-bond acceptors (Lipinski definition) is 3. The molecule has 2 aromatic heterocycles. The van der Waals surface area contributed by atoms with E-state index in [9.17, 15) is 9.90 Å². The third-order valence-electron chi connectivity index (χ3n) is 6.70. The number of fused-ring (bicyclic) bond motifs is 1. The fourth-order valence-corrected chi connectivity index (χ4v) is 9.58. The van der Waals surface area contributed by atoms with E-state index in [4.69, 9.17) is 4.74 Å². The zero-order valence-corrected chi connectivity index (χ0v) is 18.5.